The lowest BCUT2D eigenvalue weighted by Crippen LogP contribution is -2.16. The summed E-state index contributed by atoms with van der Waals surface area (Å²) in [6, 6.07) is 5.56. The number of rotatable bonds is 6. The van der Waals surface area contributed by atoms with Gasteiger partial charge in [-0.05, 0) is 30.5 Å². The van der Waals surface area contributed by atoms with E-state index in [4.69, 9.17) is 21.4 Å². The lowest BCUT2D eigenvalue weighted by Gasteiger charge is -2.14. The Labute approximate surface area is 101 Å². The molecule has 1 atom stereocenters. The molecule has 0 fully saturated rings. The van der Waals surface area contributed by atoms with Gasteiger partial charge in [-0.2, -0.15) is 0 Å². The molecule has 0 aliphatic heterocycles. The smallest absolute Gasteiger partial charge is 0.137 e. The second-order valence-corrected chi connectivity index (χ2v) is 4.09. The van der Waals surface area contributed by atoms with Crippen LogP contribution in [0.25, 0.3) is 0 Å². The molecule has 1 unspecified atom stereocenters. The SMILES string of the molecule is CCC(CO)CNc1ccc(OC)c(Cl)c1. The summed E-state index contributed by atoms with van der Waals surface area (Å²) in [6.07, 6.45) is 0.952. The van der Waals surface area contributed by atoms with E-state index in [0.29, 0.717) is 10.8 Å². The first-order valence-electron chi connectivity index (χ1n) is 5.39. The van der Waals surface area contributed by atoms with Crippen molar-refractivity contribution in [2.75, 3.05) is 25.6 Å². The molecule has 3 nitrogen and oxygen atoms in total. The molecule has 0 spiro atoms. The Morgan fingerprint density at radius 2 is 2.25 bits per heavy atom. The summed E-state index contributed by atoms with van der Waals surface area (Å²) >= 11 is 6.00. The molecule has 0 aliphatic carbocycles. The third-order valence-corrected chi connectivity index (χ3v) is 2.88. The van der Waals surface area contributed by atoms with Gasteiger partial charge in [0.25, 0.3) is 0 Å². The predicted octanol–water partition coefficient (Wildman–Crippen LogP) is 2.78. The zero-order chi connectivity index (χ0) is 12.0. The second-order valence-electron chi connectivity index (χ2n) is 3.69. The van der Waals surface area contributed by atoms with Crippen molar-refractivity contribution in [3.8, 4) is 5.75 Å². The first-order valence-corrected chi connectivity index (χ1v) is 5.77. The first-order chi connectivity index (χ1) is 7.71. The number of halogens is 1. The maximum Gasteiger partial charge on any atom is 0.137 e. The Morgan fingerprint density at radius 1 is 1.50 bits per heavy atom. The van der Waals surface area contributed by atoms with Crippen molar-refractivity contribution in [1.82, 2.24) is 0 Å². The molecule has 0 saturated carbocycles. The Morgan fingerprint density at radius 3 is 2.75 bits per heavy atom. The summed E-state index contributed by atoms with van der Waals surface area (Å²) in [5.41, 5.74) is 0.942. The molecule has 90 valence electrons. The standard InChI is InChI=1S/C12H18ClNO2/c1-3-9(8-15)7-14-10-4-5-12(16-2)11(13)6-10/h4-6,9,14-15H,3,7-8H2,1-2H3. The number of aliphatic hydroxyl groups excluding tert-OH is 1. The van der Waals surface area contributed by atoms with Crippen molar-refractivity contribution in [2.45, 2.75) is 13.3 Å². The van der Waals surface area contributed by atoms with Gasteiger partial charge < -0.3 is 15.2 Å². The van der Waals surface area contributed by atoms with E-state index in [9.17, 15) is 0 Å². The normalized spacial score (nSPS) is 12.2. The van der Waals surface area contributed by atoms with Crippen molar-refractivity contribution >= 4 is 17.3 Å². The maximum atomic E-state index is 9.05. The van der Waals surface area contributed by atoms with Crippen LogP contribution >= 0.6 is 11.6 Å². The predicted molar refractivity (Wildman–Crippen MR) is 67.4 cm³/mol. The van der Waals surface area contributed by atoms with Crippen LogP contribution in [0.5, 0.6) is 5.75 Å². The van der Waals surface area contributed by atoms with Gasteiger partial charge >= 0.3 is 0 Å². The van der Waals surface area contributed by atoms with Crippen LogP contribution in [-0.2, 0) is 0 Å². The minimum absolute atomic E-state index is 0.202. The number of benzene rings is 1. The van der Waals surface area contributed by atoms with Crippen LogP contribution in [0.1, 0.15) is 13.3 Å². The Hall–Kier alpha value is -0.930. The van der Waals surface area contributed by atoms with Crippen LogP contribution in [0.15, 0.2) is 18.2 Å². The largest absolute Gasteiger partial charge is 0.495 e. The number of anilines is 1. The number of ether oxygens (including phenoxy) is 1. The monoisotopic (exact) mass is 243 g/mol. The summed E-state index contributed by atoms with van der Waals surface area (Å²) in [4.78, 5) is 0. The summed E-state index contributed by atoms with van der Waals surface area (Å²) in [7, 11) is 1.59. The Kier molecular flexibility index (Phi) is 5.43. The zero-order valence-electron chi connectivity index (χ0n) is 9.66. The van der Waals surface area contributed by atoms with Crippen LogP contribution in [0.4, 0.5) is 5.69 Å². The molecule has 2 N–H and O–H groups in total. The summed E-state index contributed by atoms with van der Waals surface area (Å²) in [5.74, 6) is 0.947. The van der Waals surface area contributed by atoms with Crippen molar-refractivity contribution in [3.63, 3.8) is 0 Å². The van der Waals surface area contributed by atoms with E-state index in [-0.39, 0.29) is 12.5 Å². The van der Waals surface area contributed by atoms with Gasteiger partial charge in [0.15, 0.2) is 0 Å². The molecule has 0 bridgehead atoms. The van der Waals surface area contributed by atoms with Crippen molar-refractivity contribution < 1.29 is 9.84 Å². The van der Waals surface area contributed by atoms with Gasteiger partial charge in [-0.1, -0.05) is 18.5 Å². The van der Waals surface area contributed by atoms with E-state index in [1.807, 2.05) is 18.2 Å². The average Bonchev–Trinajstić information content (AvgIpc) is 2.30. The Balaban J connectivity index is 2.58. The molecule has 0 saturated heterocycles. The van der Waals surface area contributed by atoms with Gasteiger partial charge in [-0.25, -0.2) is 0 Å². The molecule has 0 aromatic heterocycles. The quantitative estimate of drug-likeness (QED) is 0.807. The van der Waals surface area contributed by atoms with E-state index >= 15 is 0 Å². The van der Waals surface area contributed by atoms with Gasteiger partial charge in [0.2, 0.25) is 0 Å². The van der Waals surface area contributed by atoms with Crippen LogP contribution in [-0.4, -0.2) is 25.4 Å². The Bertz CT molecular complexity index is 327. The molecule has 1 aromatic rings. The molecule has 0 heterocycles. The summed E-state index contributed by atoms with van der Waals surface area (Å²) in [5, 5.41) is 12.9. The second kappa shape index (κ2) is 6.61. The number of methoxy groups -OCH3 is 1. The number of nitrogens with one attached hydrogen (secondary N) is 1. The fourth-order valence-electron chi connectivity index (χ4n) is 1.38. The highest BCUT2D eigenvalue weighted by Crippen LogP contribution is 2.27. The first kappa shape index (κ1) is 13.1. The molecular formula is C12H18ClNO2. The summed E-state index contributed by atoms with van der Waals surface area (Å²) < 4.78 is 5.07. The highest BCUT2D eigenvalue weighted by Gasteiger charge is 2.05. The van der Waals surface area contributed by atoms with Crippen LogP contribution in [0, 0.1) is 5.92 Å². The van der Waals surface area contributed by atoms with E-state index < -0.39 is 0 Å². The van der Waals surface area contributed by atoms with Crippen molar-refractivity contribution in [2.24, 2.45) is 5.92 Å². The van der Waals surface area contributed by atoms with Gasteiger partial charge in [0.1, 0.15) is 5.75 Å². The van der Waals surface area contributed by atoms with Crippen molar-refractivity contribution in [3.05, 3.63) is 23.2 Å². The zero-order valence-corrected chi connectivity index (χ0v) is 10.4. The lowest BCUT2D eigenvalue weighted by atomic mass is 10.1. The topological polar surface area (TPSA) is 41.5 Å². The highest BCUT2D eigenvalue weighted by atomic mass is 35.5. The minimum Gasteiger partial charge on any atom is -0.495 e. The van der Waals surface area contributed by atoms with E-state index in [1.54, 1.807) is 7.11 Å². The van der Waals surface area contributed by atoms with Crippen LogP contribution in [0.3, 0.4) is 0 Å². The molecule has 1 aromatic carbocycles. The fraction of sp³-hybridized carbons (Fsp3) is 0.500. The van der Waals surface area contributed by atoms with Gasteiger partial charge in [-0.15, -0.1) is 0 Å². The molecule has 4 heteroatoms. The number of hydrogen-bond acceptors (Lipinski definition) is 3. The molecule has 0 radical (unpaired) electrons. The molecule has 0 aliphatic rings. The average molecular weight is 244 g/mol. The molecule has 16 heavy (non-hydrogen) atoms. The number of hydrogen-bond donors (Lipinski definition) is 2. The third kappa shape index (κ3) is 3.58. The third-order valence-electron chi connectivity index (χ3n) is 2.58. The molecular weight excluding hydrogens is 226 g/mol. The highest BCUT2D eigenvalue weighted by molar-refractivity contribution is 6.32. The van der Waals surface area contributed by atoms with Gasteiger partial charge in [0, 0.05) is 18.8 Å². The fourth-order valence-corrected chi connectivity index (χ4v) is 1.63. The lowest BCUT2D eigenvalue weighted by molar-refractivity contribution is 0.230. The minimum atomic E-state index is 0.202. The van der Waals surface area contributed by atoms with E-state index in [1.165, 1.54) is 0 Å². The molecule has 0 amide bonds. The van der Waals surface area contributed by atoms with E-state index in [0.717, 1.165) is 18.7 Å². The van der Waals surface area contributed by atoms with Crippen molar-refractivity contribution in [1.29, 1.82) is 0 Å². The van der Waals surface area contributed by atoms with Crippen LogP contribution < -0.4 is 10.1 Å². The van der Waals surface area contributed by atoms with Crippen LogP contribution in [0.2, 0.25) is 5.02 Å². The van der Waals surface area contributed by atoms with E-state index in [2.05, 4.69) is 12.2 Å². The summed E-state index contributed by atoms with van der Waals surface area (Å²) in [6.45, 7) is 3.01. The maximum absolute atomic E-state index is 9.05. The van der Waals surface area contributed by atoms with Gasteiger partial charge in [-0.3, -0.25) is 0 Å². The number of aliphatic hydroxyl groups is 1. The molecule has 1 rings (SSSR count). The van der Waals surface area contributed by atoms with Gasteiger partial charge in [0.05, 0.1) is 12.1 Å².